The van der Waals surface area contributed by atoms with Crippen molar-refractivity contribution in [1.82, 2.24) is 0 Å². The standard InChI is InChI=1S/C12H13BrN2O3S2/c1-7-11(6-12(13)19-7)20(16,17)15-8-3-4-10(18-2)9(14)5-8/h3-6,15H,14H2,1-2H3. The molecule has 1 aromatic heterocycles. The predicted molar refractivity (Wildman–Crippen MR) is 85.0 cm³/mol. The molecular formula is C12H13BrN2O3S2. The van der Waals surface area contributed by atoms with Gasteiger partial charge in [-0.25, -0.2) is 8.42 Å². The number of thiophene rings is 1. The molecule has 0 unspecified atom stereocenters. The molecule has 2 aromatic rings. The molecule has 3 N–H and O–H groups in total. The molecule has 0 aliphatic carbocycles. The summed E-state index contributed by atoms with van der Waals surface area (Å²) in [4.78, 5) is 0.967. The van der Waals surface area contributed by atoms with E-state index in [0.29, 0.717) is 22.0 Å². The van der Waals surface area contributed by atoms with Gasteiger partial charge >= 0.3 is 0 Å². The Labute approximate surface area is 129 Å². The third kappa shape index (κ3) is 3.08. The topological polar surface area (TPSA) is 81.4 Å². The van der Waals surface area contributed by atoms with Gasteiger partial charge in [0.2, 0.25) is 0 Å². The van der Waals surface area contributed by atoms with Gasteiger partial charge in [-0.2, -0.15) is 0 Å². The number of nitrogen functional groups attached to an aromatic ring is 1. The highest BCUT2D eigenvalue weighted by Crippen LogP contribution is 2.32. The third-order valence-electron chi connectivity index (χ3n) is 2.61. The highest BCUT2D eigenvalue weighted by atomic mass is 79.9. The summed E-state index contributed by atoms with van der Waals surface area (Å²) in [6.07, 6.45) is 0. The Hall–Kier alpha value is -1.25. The van der Waals surface area contributed by atoms with Crippen LogP contribution in [0.5, 0.6) is 5.75 Å². The number of hydrogen-bond acceptors (Lipinski definition) is 5. The third-order valence-corrected chi connectivity index (χ3v) is 5.80. The monoisotopic (exact) mass is 376 g/mol. The maximum absolute atomic E-state index is 12.3. The molecule has 0 radical (unpaired) electrons. The number of nitrogens with one attached hydrogen (secondary N) is 1. The van der Waals surface area contributed by atoms with E-state index < -0.39 is 10.0 Å². The van der Waals surface area contributed by atoms with Crippen molar-refractivity contribution in [3.63, 3.8) is 0 Å². The number of hydrogen-bond donors (Lipinski definition) is 2. The Morgan fingerprint density at radius 1 is 1.35 bits per heavy atom. The number of anilines is 2. The number of halogens is 1. The Kier molecular flexibility index (Phi) is 4.26. The van der Waals surface area contributed by atoms with Crippen LogP contribution in [0.4, 0.5) is 11.4 Å². The van der Waals surface area contributed by atoms with E-state index in [2.05, 4.69) is 20.7 Å². The fourth-order valence-corrected chi connectivity index (χ4v) is 5.17. The van der Waals surface area contributed by atoms with E-state index in [1.165, 1.54) is 24.5 Å². The Balaban J connectivity index is 2.33. The maximum Gasteiger partial charge on any atom is 0.263 e. The molecule has 0 saturated heterocycles. The summed E-state index contributed by atoms with van der Waals surface area (Å²) in [5, 5.41) is 0. The van der Waals surface area contributed by atoms with Gasteiger partial charge < -0.3 is 10.5 Å². The van der Waals surface area contributed by atoms with Gasteiger partial charge in [-0.1, -0.05) is 0 Å². The van der Waals surface area contributed by atoms with Crippen molar-refractivity contribution in [2.24, 2.45) is 0 Å². The first-order valence-corrected chi connectivity index (χ1v) is 8.65. The van der Waals surface area contributed by atoms with Crippen LogP contribution in [0, 0.1) is 6.92 Å². The molecule has 0 aliphatic rings. The molecule has 0 saturated carbocycles. The normalized spacial score (nSPS) is 11.3. The van der Waals surface area contributed by atoms with Crippen LogP contribution in [0.25, 0.3) is 0 Å². The quantitative estimate of drug-likeness (QED) is 0.802. The number of sulfonamides is 1. The molecule has 0 amide bonds. The maximum atomic E-state index is 12.3. The zero-order valence-electron chi connectivity index (χ0n) is 10.8. The summed E-state index contributed by atoms with van der Waals surface area (Å²) in [5.74, 6) is 0.502. The molecule has 1 heterocycles. The second kappa shape index (κ2) is 5.63. The van der Waals surface area contributed by atoms with Gasteiger partial charge in [-0.05, 0) is 47.1 Å². The second-order valence-electron chi connectivity index (χ2n) is 4.03. The van der Waals surface area contributed by atoms with Crippen LogP contribution in [0.2, 0.25) is 0 Å². The summed E-state index contributed by atoms with van der Waals surface area (Å²) in [5.41, 5.74) is 6.52. The molecule has 1 aromatic carbocycles. The largest absolute Gasteiger partial charge is 0.495 e. The number of methoxy groups -OCH3 is 1. The minimum atomic E-state index is -3.63. The van der Waals surface area contributed by atoms with Gasteiger partial charge in [0.1, 0.15) is 10.6 Å². The van der Waals surface area contributed by atoms with Crippen molar-refractivity contribution in [3.05, 3.63) is 32.9 Å². The first-order chi connectivity index (χ1) is 9.33. The molecular weight excluding hydrogens is 364 g/mol. The van der Waals surface area contributed by atoms with Crippen LogP contribution in [0.3, 0.4) is 0 Å². The second-order valence-corrected chi connectivity index (χ2v) is 8.32. The average molecular weight is 377 g/mol. The first-order valence-electron chi connectivity index (χ1n) is 5.56. The highest BCUT2D eigenvalue weighted by Gasteiger charge is 2.19. The van der Waals surface area contributed by atoms with Crippen LogP contribution in [0.1, 0.15) is 4.88 Å². The Bertz CT molecular complexity index is 741. The Morgan fingerprint density at radius 2 is 2.05 bits per heavy atom. The Morgan fingerprint density at radius 3 is 2.55 bits per heavy atom. The SMILES string of the molecule is COc1ccc(NS(=O)(=O)c2cc(Br)sc2C)cc1N. The lowest BCUT2D eigenvalue weighted by molar-refractivity contribution is 0.417. The number of aryl methyl sites for hydroxylation is 1. The molecule has 0 bridgehead atoms. The van der Waals surface area contributed by atoms with E-state index in [-0.39, 0.29) is 4.90 Å². The fraction of sp³-hybridized carbons (Fsp3) is 0.167. The van der Waals surface area contributed by atoms with Crippen LogP contribution < -0.4 is 15.2 Å². The van der Waals surface area contributed by atoms with Crippen molar-refractivity contribution < 1.29 is 13.2 Å². The lowest BCUT2D eigenvalue weighted by Gasteiger charge is -2.10. The number of ether oxygens (including phenoxy) is 1. The van der Waals surface area contributed by atoms with E-state index in [4.69, 9.17) is 10.5 Å². The smallest absolute Gasteiger partial charge is 0.263 e. The summed E-state index contributed by atoms with van der Waals surface area (Å²) < 4.78 is 32.9. The van der Waals surface area contributed by atoms with Crippen molar-refractivity contribution in [1.29, 1.82) is 0 Å². The molecule has 0 atom stereocenters. The predicted octanol–water partition coefficient (Wildman–Crippen LogP) is 3.21. The first kappa shape index (κ1) is 15.1. The van der Waals surface area contributed by atoms with Gasteiger partial charge in [-0.15, -0.1) is 11.3 Å². The zero-order valence-corrected chi connectivity index (χ0v) is 14.0. The zero-order chi connectivity index (χ0) is 14.9. The van der Waals surface area contributed by atoms with E-state index >= 15 is 0 Å². The summed E-state index contributed by atoms with van der Waals surface area (Å²) >= 11 is 4.65. The van der Waals surface area contributed by atoms with Gasteiger partial charge in [0.25, 0.3) is 10.0 Å². The molecule has 108 valence electrons. The van der Waals surface area contributed by atoms with Crippen LogP contribution in [-0.2, 0) is 10.0 Å². The van der Waals surface area contributed by atoms with E-state index in [1.54, 1.807) is 25.1 Å². The minimum absolute atomic E-state index is 0.253. The lowest BCUT2D eigenvalue weighted by Crippen LogP contribution is -2.13. The van der Waals surface area contributed by atoms with Gasteiger partial charge in [0.15, 0.2) is 0 Å². The highest BCUT2D eigenvalue weighted by molar-refractivity contribution is 9.11. The summed E-state index contributed by atoms with van der Waals surface area (Å²) in [6.45, 7) is 1.76. The van der Waals surface area contributed by atoms with Gasteiger partial charge in [0, 0.05) is 4.88 Å². The molecule has 5 nitrogen and oxygen atoms in total. The van der Waals surface area contributed by atoms with Gasteiger partial charge in [-0.3, -0.25) is 4.72 Å². The van der Waals surface area contributed by atoms with Crippen LogP contribution >= 0.6 is 27.3 Å². The molecule has 8 heteroatoms. The van der Waals surface area contributed by atoms with Crippen molar-refractivity contribution in [3.8, 4) is 5.75 Å². The molecule has 0 aliphatic heterocycles. The van der Waals surface area contributed by atoms with E-state index in [0.717, 1.165) is 3.79 Å². The number of rotatable bonds is 4. The molecule has 20 heavy (non-hydrogen) atoms. The lowest BCUT2D eigenvalue weighted by atomic mass is 10.2. The number of benzene rings is 1. The van der Waals surface area contributed by atoms with Crippen molar-refractivity contribution in [2.45, 2.75) is 11.8 Å². The van der Waals surface area contributed by atoms with Gasteiger partial charge in [0.05, 0.1) is 22.3 Å². The van der Waals surface area contributed by atoms with Crippen molar-refractivity contribution >= 4 is 48.7 Å². The van der Waals surface area contributed by atoms with E-state index in [1.807, 2.05) is 0 Å². The molecule has 0 spiro atoms. The van der Waals surface area contributed by atoms with Crippen LogP contribution in [0.15, 0.2) is 32.9 Å². The van der Waals surface area contributed by atoms with Crippen molar-refractivity contribution in [2.75, 3.05) is 17.6 Å². The summed E-state index contributed by atoms with van der Waals surface area (Å²) in [7, 11) is -2.12. The average Bonchev–Trinajstić information content (AvgIpc) is 2.69. The van der Waals surface area contributed by atoms with E-state index in [9.17, 15) is 8.42 Å². The molecule has 2 rings (SSSR count). The number of nitrogens with two attached hydrogens (primary N) is 1. The minimum Gasteiger partial charge on any atom is -0.495 e. The summed E-state index contributed by atoms with van der Waals surface area (Å²) in [6, 6.07) is 6.31. The van der Waals surface area contributed by atoms with Crippen LogP contribution in [-0.4, -0.2) is 15.5 Å². The fourth-order valence-electron chi connectivity index (χ4n) is 1.71. The molecule has 0 fully saturated rings.